The van der Waals surface area contributed by atoms with Crippen LogP contribution in [0.4, 0.5) is 0 Å². The van der Waals surface area contributed by atoms with Gasteiger partial charge in [-0.1, -0.05) is 25.7 Å². The summed E-state index contributed by atoms with van der Waals surface area (Å²) in [6.45, 7) is 2.60. The summed E-state index contributed by atoms with van der Waals surface area (Å²) in [6, 6.07) is 5.90. The highest BCUT2D eigenvalue weighted by Crippen LogP contribution is 2.21. The summed E-state index contributed by atoms with van der Waals surface area (Å²) < 4.78 is 32.4. The number of hydrogen-bond acceptors (Lipinski definition) is 5. The van der Waals surface area contributed by atoms with Crippen molar-refractivity contribution in [2.75, 3.05) is 13.1 Å². The van der Waals surface area contributed by atoms with E-state index >= 15 is 0 Å². The van der Waals surface area contributed by atoms with Crippen molar-refractivity contribution in [3.63, 3.8) is 0 Å². The molecule has 0 radical (unpaired) electrons. The lowest BCUT2D eigenvalue weighted by Gasteiger charge is -2.20. The molecule has 0 spiro atoms. The number of ether oxygens (including phenoxy) is 1. The molecule has 2 aliphatic rings. The molecular formula is C21H30N2O5S. The second-order valence-corrected chi connectivity index (χ2v) is 9.82. The van der Waals surface area contributed by atoms with Crippen molar-refractivity contribution in [1.82, 2.24) is 9.62 Å². The number of nitrogens with one attached hydrogen (secondary N) is 1. The van der Waals surface area contributed by atoms with Crippen molar-refractivity contribution in [3.05, 3.63) is 29.8 Å². The van der Waals surface area contributed by atoms with Crippen LogP contribution in [0.1, 0.15) is 68.6 Å². The molecule has 1 atom stereocenters. The molecule has 1 aromatic rings. The molecule has 160 valence electrons. The topological polar surface area (TPSA) is 92.8 Å². The minimum Gasteiger partial charge on any atom is -0.449 e. The number of hydrogen-bond donors (Lipinski definition) is 1. The fraction of sp³-hybridized carbons (Fsp3) is 0.619. The molecule has 1 amide bonds. The smallest absolute Gasteiger partial charge is 0.338 e. The average Bonchev–Trinajstić information content (AvgIpc) is 3.06. The van der Waals surface area contributed by atoms with Gasteiger partial charge in [-0.15, -0.1) is 0 Å². The van der Waals surface area contributed by atoms with Gasteiger partial charge in [0, 0.05) is 19.1 Å². The number of amides is 1. The number of sulfonamides is 1. The lowest BCUT2D eigenvalue weighted by atomic mass is 10.2. The van der Waals surface area contributed by atoms with Crippen LogP contribution in [0.2, 0.25) is 0 Å². The lowest BCUT2D eigenvalue weighted by Crippen LogP contribution is -2.40. The van der Waals surface area contributed by atoms with E-state index in [1.165, 1.54) is 28.6 Å². The van der Waals surface area contributed by atoms with Gasteiger partial charge in [-0.2, -0.15) is 4.31 Å². The molecule has 0 aromatic heterocycles. The van der Waals surface area contributed by atoms with Gasteiger partial charge in [0.1, 0.15) is 0 Å². The van der Waals surface area contributed by atoms with Crippen molar-refractivity contribution in [1.29, 1.82) is 0 Å². The van der Waals surface area contributed by atoms with Gasteiger partial charge in [-0.3, -0.25) is 4.79 Å². The van der Waals surface area contributed by atoms with Gasteiger partial charge < -0.3 is 10.1 Å². The molecule has 1 aliphatic heterocycles. The lowest BCUT2D eigenvalue weighted by molar-refractivity contribution is -0.129. The first-order chi connectivity index (χ1) is 13.9. The maximum Gasteiger partial charge on any atom is 0.338 e. The normalized spacial score (nSPS) is 20.0. The highest BCUT2D eigenvalue weighted by molar-refractivity contribution is 7.89. The van der Waals surface area contributed by atoms with E-state index in [1.807, 2.05) is 0 Å². The molecule has 1 aromatic carbocycles. The van der Waals surface area contributed by atoms with Crippen molar-refractivity contribution in [2.45, 2.75) is 75.3 Å². The number of benzene rings is 1. The summed E-state index contributed by atoms with van der Waals surface area (Å²) in [4.78, 5) is 24.7. The van der Waals surface area contributed by atoms with Crippen LogP contribution in [0.3, 0.4) is 0 Å². The zero-order valence-corrected chi connectivity index (χ0v) is 17.7. The summed E-state index contributed by atoms with van der Waals surface area (Å²) >= 11 is 0. The molecule has 3 rings (SSSR count). The van der Waals surface area contributed by atoms with Crippen LogP contribution in [0, 0.1) is 0 Å². The monoisotopic (exact) mass is 422 g/mol. The van der Waals surface area contributed by atoms with Gasteiger partial charge in [0.2, 0.25) is 10.0 Å². The predicted molar refractivity (Wildman–Crippen MR) is 109 cm³/mol. The van der Waals surface area contributed by atoms with Gasteiger partial charge >= 0.3 is 5.97 Å². The second-order valence-electron chi connectivity index (χ2n) is 7.88. The Hall–Kier alpha value is -1.93. The molecule has 0 bridgehead atoms. The summed E-state index contributed by atoms with van der Waals surface area (Å²) in [5, 5.41) is 2.90. The van der Waals surface area contributed by atoms with Crippen molar-refractivity contribution in [2.24, 2.45) is 0 Å². The molecule has 1 heterocycles. The Balaban J connectivity index is 1.59. The zero-order valence-electron chi connectivity index (χ0n) is 16.9. The summed E-state index contributed by atoms with van der Waals surface area (Å²) in [5.41, 5.74) is 0.223. The number of rotatable bonds is 6. The van der Waals surface area contributed by atoms with Gasteiger partial charge in [-0.25, -0.2) is 13.2 Å². The number of carbonyl (C=O) groups excluding carboxylic acids is 2. The van der Waals surface area contributed by atoms with Crippen LogP contribution < -0.4 is 5.32 Å². The fourth-order valence-corrected chi connectivity index (χ4v) is 5.38. The third-order valence-electron chi connectivity index (χ3n) is 5.65. The molecule has 1 aliphatic carbocycles. The van der Waals surface area contributed by atoms with Crippen LogP contribution in [0.5, 0.6) is 0 Å². The van der Waals surface area contributed by atoms with Crippen LogP contribution in [-0.4, -0.2) is 49.8 Å². The Kier molecular flexibility index (Phi) is 7.29. The van der Waals surface area contributed by atoms with Crippen LogP contribution in [0.25, 0.3) is 0 Å². The Bertz CT molecular complexity index is 808. The molecule has 1 unspecified atom stereocenters. The van der Waals surface area contributed by atoms with E-state index in [2.05, 4.69) is 5.32 Å². The molecule has 7 nitrogen and oxygen atoms in total. The van der Waals surface area contributed by atoms with E-state index in [9.17, 15) is 18.0 Å². The minimum atomic E-state index is -3.56. The zero-order chi connectivity index (χ0) is 20.9. The third-order valence-corrected chi connectivity index (χ3v) is 7.56. The maximum absolute atomic E-state index is 12.8. The SMILES string of the molecule is CC(OC(=O)c1ccc(S(=O)(=O)N2CCCCCC2)cc1)C(=O)NC1CCCC1. The Morgan fingerprint density at radius 3 is 2.17 bits per heavy atom. The molecule has 1 N–H and O–H groups in total. The van der Waals surface area contributed by atoms with Crippen molar-refractivity contribution >= 4 is 21.9 Å². The van der Waals surface area contributed by atoms with E-state index < -0.39 is 22.1 Å². The molecule has 8 heteroatoms. The number of nitrogens with zero attached hydrogens (tertiary/aromatic N) is 1. The Morgan fingerprint density at radius 2 is 1.59 bits per heavy atom. The van der Waals surface area contributed by atoms with E-state index in [0.717, 1.165) is 51.4 Å². The van der Waals surface area contributed by atoms with E-state index in [4.69, 9.17) is 4.74 Å². The standard InChI is InChI=1S/C21H30N2O5S/c1-16(20(24)22-18-8-4-5-9-18)28-21(25)17-10-12-19(13-11-17)29(26,27)23-14-6-2-3-7-15-23/h10-13,16,18H,2-9,14-15H2,1H3,(H,22,24). The summed E-state index contributed by atoms with van der Waals surface area (Å²) in [6.07, 6.45) is 7.04. The molecule has 1 saturated heterocycles. The second kappa shape index (κ2) is 9.71. The highest BCUT2D eigenvalue weighted by Gasteiger charge is 2.26. The minimum absolute atomic E-state index is 0.159. The Labute approximate surface area is 172 Å². The largest absolute Gasteiger partial charge is 0.449 e. The highest BCUT2D eigenvalue weighted by atomic mass is 32.2. The molecule has 2 fully saturated rings. The molecular weight excluding hydrogens is 392 g/mol. The summed E-state index contributed by atoms with van der Waals surface area (Å²) in [7, 11) is -3.56. The number of carbonyl (C=O) groups is 2. The van der Waals surface area contributed by atoms with Gasteiger partial charge in [0.05, 0.1) is 10.5 Å². The van der Waals surface area contributed by atoms with Gasteiger partial charge in [0.15, 0.2) is 6.10 Å². The van der Waals surface area contributed by atoms with Crippen molar-refractivity contribution in [3.8, 4) is 0 Å². The quantitative estimate of drug-likeness (QED) is 0.712. The van der Waals surface area contributed by atoms with Crippen molar-refractivity contribution < 1.29 is 22.7 Å². The van der Waals surface area contributed by atoms with E-state index in [0.29, 0.717) is 13.1 Å². The first-order valence-electron chi connectivity index (χ1n) is 10.5. The predicted octanol–water partition coefficient (Wildman–Crippen LogP) is 2.86. The number of esters is 1. The molecule has 29 heavy (non-hydrogen) atoms. The fourth-order valence-electron chi connectivity index (χ4n) is 3.86. The first kappa shape index (κ1) is 21.8. The van der Waals surface area contributed by atoms with Crippen LogP contribution >= 0.6 is 0 Å². The van der Waals surface area contributed by atoms with E-state index in [1.54, 1.807) is 6.92 Å². The van der Waals surface area contributed by atoms with Crippen LogP contribution in [0.15, 0.2) is 29.2 Å². The third kappa shape index (κ3) is 5.57. The first-order valence-corrected chi connectivity index (χ1v) is 11.9. The average molecular weight is 423 g/mol. The molecule has 1 saturated carbocycles. The maximum atomic E-state index is 12.8. The van der Waals surface area contributed by atoms with Crippen LogP contribution in [-0.2, 0) is 19.6 Å². The Morgan fingerprint density at radius 1 is 1.00 bits per heavy atom. The van der Waals surface area contributed by atoms with E-state index in [-0.39, 0.29) is 22.4 Å². The summed E-state index contributed by atoms with van der Waals surface area (Å²) in [5.74, 6) is -0.941. The van der Waals surface area contributed by atoms with Gasteiger partial charge in [-0.05, 0) is 56.9 Å². The van der Waals surface area contributed by atoms with Gasteiger partial charge in [0.25, 0.3) is 5.91 Å².